The fourth-order valence-electron chi connectivity index (χ4n) is 2.19. The van der Waals surface area contributed by atoms with E-state index in [1.807, 2.05) is 0 Å². The molecule has 0 bridgehead atoms. The standard InChI is InChI=1S/C13H13ClN2O3S2/c14-11-8-15-5-3-12(11)19-10-4-6-16(9-10)21(17,18)13-2-1-7-20-13/h1-3,5,7-8,10H,4,6,9H2. The molecular weight excluding hydrogens is 332 g/mol. The topological polar surface area (TPSA) is 59.5 Å². The van der Waals surface area contributed by atoms with Crippen LogP contribution in [0.2, 0.25) is 5.02 Å². The van der Waals surface area contributed by atoms with Crippen molar-refractivity contribution in [2.24, 2.45) is 0 Å². The van der Waals surface area contributed by atoms with Crippen molar-refractivity contribution in [1.82, 2.24) is 9.29 Å². The summed E-state index contributed by atoms with van der Waals surface area (Å²) < 4.78 is 32.4. The monoisotopic (exact) mass is 344 g/mol. The van der Waals surface area contributed by atoms with E-state index in [2.05, 4.69) is 4.98 Å². The summed E-state index contributed by atoms with van der Waals surface area (Å²) in [6.07, 6.45) is 3.55. The van der Waals surface area contributed by atoms with Gasteiger partial charge in [-0.3, -0.25) is 4.98 Å². The van der Waals surface area contributed by atoms with Crippen molar-refractivity contribution in [2.45, 2.75) is 16.7 Å². The Morgan fingerprint density at radius 1 is 1.43 bits per heavy atom. The molecule has 0 aromatic carbocycles. The van der Waals surface area contributed by atoms with Gasteiger partial charge < -0.3 is 4.74 Å². The summed E-state index contributed by atoms with van der Waals surface area (Å²) in [6.45, 7) is 0.784. The first-order valence-corrected chi connectivity index (χ1v) is 9.07. The van der Waals surface area contributed by atoms with Gasteiger partial charge in [-0.2, -0.15) is 4.31 Å². The number of hydrogen-bond acceptors (Lipinski definition) is 5. The van der Waals surface area contributed by atoms with Crippen molar-refractivity contribution in [3.05, 3.63) is 41.0 Å². The predicted molar refractivity (Wildman–Crippen MR) is 81.4 cm³/mol. The van der Waals surface area contributed by atoms with E-state index in [9.17, 15) is 8.42 Å². The molecule has 3 rings (SSSR count). The molecule has 1 unspecified atom stereocenters. The maximum absolute atomic E-state index is 12.4. The molecule has 1 aliphatic rings. The highest BCUT2D eigenvalue weighted by molar-refractivity contribution is 7.91. The molecule has 3 heterocycles. The smallest absolute Gasteiger partial charge is 0.252 e. The Balaban J connectivity index is 1.70. The van der Waals surface area contributed by atoms with Crippen LogP contribution in [-0.2, 0) is 10.0 Å². The van der Waals surface area contributed by atoms with Gasteiger partial charge in [0, 0.05) is 25.0 Å². The minimum Gasteiger partial charge on any atom is -0.487 e. The van der Waals surface area contributed by atoms with Gasteiger partial charge in [0.15, 0.2) is 0 Å². The predicted octanol–water partition coefficient (Wildman–Crippen LogP) is 2.64. The van der Waals surface area contributed by atoms with Crippen LogP contribution in [0.5, 0.6) is 5.75 Å². The summed E-state index contributed by atoms with van der Waals surface area (Å²) in [5, 5.41) is 2.19. The summed E-state index contributed by atoms with van der Waals surface area (Å²) in [4.78, 5) is 3.89. The molecule has 2 aromatic rings. The molecule has 0 N–H and O–H groups in total. The second-order valence-electron chi connectivity index (χ2n) is 4.63. The van der Waals surface area contributed by atoms with Crippen LogP contribution in [0.4, 0.5) is 0 Å². The molecule has 8 heteroatoms. The number of sulfonamides is 1. The van der Waals surface area contributed by atoms with Gasteiger partial charge in [-0.25, -0.2) is 8.42 Å². The van der Waals surface area contributed by atoms with Crippen LogP contribution in [0.1, 0.15) is 6.42 Å². The molecule has 1 aliphatic heterocycles. The van der Waals surface area contributed by atoms with E-state index in [1.165, 1.54) is 21.8 Å². The number of halogens is 1. The first-order chi connectivity index (χ1) is 10.1. The summed E-state index contributed by atoms with van der Waals surface area (Å²) in [7, 11) is -3.40. The molecule has 0 amide bonds. The van der Waals surface area contributed by atoms with E-state index in [4.69, 9.17) is 16.3 Å². The van der Waals surface area contributed by atoms with Gasteiger partial charge in [0.25, 0.3) is 10.0 Å². The van der Waals surface area contributed by atoms with E-state index in [0.29, 0.717) is 34.5 Å². The van der Waals surface area contributed by atoms with Gasteiger partial charge in [0.05, 0.1) is 6.54 Å². The van der Waals surface area contributed by atoms with E-state index >= 15 is 0 Å². The second kappa shape index (κ2) is 5.92. The minimum absolute atomic E-state index is 0.195. The van der Waals surface area contributed by atoms with Crippen molar-refractivity contribution in [1.29, 1.82) is 0 Å². The number of aromatic nitrogens is 1. The van der Waals surface area contributed by atoms with Crippen molar-refractivity contribution in [3.8, 4) is 5.75 Å². The lowest BCUT2D eigenvalue weighted by molar-refractivity contribution is 0.215. The first-order valence-electron chi connectivity index (χ1n) is 6.37. The lowest BCUT2D eigenvalue weighted by Gasteiger charge is -2.16. The SMILES string of the molecule is O=S(=O)(c1cccs1)N1CCC(Oc2ccncc2Cl)C1. The average molecular weight is 345 g/mol. The normalized spacial score (nSPS) is 19.8. The van der Waals surface area contributed by atoms with Crippen LogP contribution in [0.25, 0.3) is 0 Å². The van der Waals surface area contributed by atoms with Crippen molar-refractivity contribution < 1.29 is 13.2 Å². The minimum atomic E-state index is -3.40. The lowest BCUT2D eigenvalue weighted by Crippen LogP contribution is -2.30. The zero-order valence-electron chi connectivity index (χ0n) is 11.0. The number of rotatable bonds is 4. The fraction of sp³-hybridized carbons (Fsp3) is 0.308. The number of pyridine rings is 1. The third kappa shape index (κ3) is 3.06. The number of nitrogens with zero attached hydrogens (tertiary/aromatic N) is 2. The Morgan fingerprint density at radius 3 is 3.00 bits per heavy atom. The average Bonchev–Trinajstić information content (AvgIpc) is 3.12. The van der Waals surface area contributed by atoms with Crippen LogP contribution >= 0.6 is 22.9 Å². The molecule has 2 aromatic heterocycles. The molecule has 5 nitrogen and oxygen atoms in total. The highest BCUT2D eigenvalue weighted by Gasteiger charge is 2.34. The quantitative estimate of drug-likeness (QED) is 0.855. The highest BCUT2D eigenvalue weighted by Crippen LogP contribution is 2.28. The molecule has 0 aliphatic carbocycles. The summed E-state index contributed by atoms with van der Waals surface area (Å²) >= 11 is 7.22. The number of hydrogen-bond donors (Lipinski definition) is 0. The zero-order valence-corrected chi connectivity index (χ0v) is 13.4. The van der Waals surface area contributed by atoms with Gasteiger partial charge in [0.1, 0.15) is 21.1 Å². The molecule has 0 saturated carbocycles. The van der Waals surface area contributed by atoms with Crippen LogP contribution in [-0.4, -0.2) is 36.9 Å². The Bertz CT molecular complexity index is 719. The number of thiophene rings is 1. The molecule has 1 atom stereocenters. The van der Waals surface area contributed by atoms with E-state index in [-0.39, 0.29) is 6.10 Å². The van der Waals surface area contributed by atoms with Crippen molar-refractivity contribution in [2.75, 3.05) is 13.1 Å². The van der Waals surface area contributed by atoms with Gasteiger partial charge >= 0.3 is 0 Å². The van der Waals surface area contributed by atoms with E-state index in [1.54, 1.807) is 29.8 Å². The molecule has 112 valence electrons. The van der Waals surface area contributed by atoms with Crippen molar-refractivity contribution in [3.63, 3.8) is 0 Å². The summed E-state index contributed by atoms with van der Waals surface area (Å²) in [5.41, 5.74) is 0. The molecule has 0 radical (unpaired) electrons. The van der Waals surface area contributed by atoms with Crippen LogP contribution in [0.3, 0.4) is 0 Å². The Labute approximate surface area is 132 Å². The maximum atomic E-state index is 12.4. The molecule has 0 spiro atoms. The first kappa shape index (κ1) is 14.8. The molecule has 1 saturated heterocycles. The Kier molecular flexibility index (Phi) is 4.17. The van der Waals surface area contributed by atoms with Crippen LogP contribution < -0.4 is 4.74 Å². The van der Waals surface area contributed by atoms with Crippen LogP contribution in [0, 0.1) is 0 Å². The van der Waals surface area contributed by atoms with Gasteiger partial charge in [0.2, 0.25) is 0 Å². The fourth-order valence-corrected chi connectivity index (χ4v) is 4.98. The van der Waals surface area contributed by atoms with E-state index < -0.39 is 10.0 Å². The third-order valence-corrected chi connectivity index (χ3v) is 6.75. The highest BCUT2D eigenvalue weighted by atomic mass is 35.5. The van der Waals surface area contributed by atoms with Crippen molar-refractivity contribution >= 4 is 33.0 Å². The van der Waals surface area contributed by atoms with E-state index in [0.717, 1.165) is 0 Å². The third-order valence-electron chi connectivity index (χ3n) is 3.23. The van der Waals surface area contributed by atoms with Gasteiger partial charge in [-0.05, 0) is 17.9 Å². The maximum Gasteiger partial charge on any atom is 0.252 e. The molecular formula is C13H13ClN2O3S2. The second-order valence-corrected chi connectivity index (χ2v) is 8.15. The molecule has 1 fully saturated rings. The summed E-state index contributed by atoms with van der Waals surface area (Å²) in [6, 6.07) is 5.03. The largest absolute Gasteiger partial charge is 0.487 e. The Morgan fingerprint density at radius 2 is 2.29 bits per heavy atom. The summed E-state index contributed by atoms with van der Waals surface area (Å²) in [5.74, 6) is 0.534. The lowest BCUT2D eigenvalue weighted by atomic mass is 10.3. The molecule has 21 heavy (non-hydrogen) atoms. The van der Waals surface area contributed by atoms with Crippen LogP contribution in [0.15, 0.2) is 40.2 Å². The van der Waals surface area contributed by atoms with Gasteiger partial charge in [-0.1, -0.05) is 17.7 Å². The zero-order chi connectivity index (χ0) is 14.9. The Hall–Kier alpha value is -1.15. The number of ether oxygens (including phenoxy) is 1. The van der Waals surface area contributed by atoms with Gasteiger partial charge in [-0.15, -0.1) is 11.3 Å².